The molecule has 0 saturated carbocycles. The third-order valence-corrected chi connectivity index (χ3v) is 8.43. The molecule has 8 nitrogen and oxygen atoms in total. The summed E-state index contributed by atoms with van der Waals surface area (Å²) in [5.74, 6) is 1.03. The van der Waals surface area contributed by atoms with Gasteiger partial charge in [-0.15, -0.1) is 0 Å². The van der Waals surface area contributed by atoms with Crippen molar-refractivity contribution in [3.63, 3.8) is 0 Å². The van der Waals surface area contributed by atoms with Crippen LogP contribution in [-0.4, -0.2) is 52.1 Å². The topological polar surface area (TPSA) is 90.5 Å². The molecule has 3 heterocycles. The highest BCUT2D eigenvalue weighted by Crippen LogP contribution is 2.33. The summed E-state index contributed by atoms with van der Waals surface area (Å²) < 4.78 is 44.4. The molecule has 33 heavy (non-hydrogen) atoms. The van der Waals surface area contributed by atoms with Gasteiger partial charge in [0.2, 0.25) is 10.0 Å². The number of nitrogens with zero attached hydrogens (tertiary/aromatic N) is 1. The quantitative estimate of drug-likeness (QED) is 0.577. The van der Waals surface area contributed by atoms with Gasteiger partial charge in [-0.1, -0.05) is 12.1 Å². The Labute approximate surface area is 192 Å². The highest BCUT2D eigenvalue weighted by atomic mass is 32.2. The second kappa shape index (κ2) is 8.48. The summed E-state index contributed by atoms with van der Waals surface area (Å²) in [6.07, 6.45) is 0. The van der Waals surface area contributed by atoms with Crippen LogP contribution in [0.25, 0.3) is 11.0 Å². The third kappa shape index (κ3) is 4.12. The lowest BCUT2D eigenvalue weighted by molar-refractivity contribution is -0.917. The van der Waals surface area contributed by atoms with E-state index in [2.05, 4.69) is 0 Å². The molecule has 0 spiro atoms. The van der Waals surface area contributed by atoms with Crippen molar-refractivity contribution in [2.75, 3.05) is 39.4 Å². The second-order valence-electron chi connectivity index (χ2n) is 8.61. The normalized spacial score (nSPS) is 17.4. The predicted molar refractivity (Wildman–Crippen MR) is 123 cm³/mol. The van der Waals surface area contributed by atoms with Gasteiger partial charge in [0.15, 0.2) is 11.5 Å². The molecule has 9 heteroatoms. The van der Waals surface area contributed by atoms with Crippen LogP contribution in [0.5, 0.6) is 11.5 Å². The fraction of sp³-hybridized carbons (Fsp3) is 0.375. The molecule has 2 aromatic carbocycles. The number of hydrogen-bond donors (Lipinski definition) is 1. The molecule has 1 aromatic heterocycles. The summed E-state index contributed by atoms with van der Waals surface area (Å²) in [6, 6.07) is 10.4. The summed E-state index contributed by atoms with van der Waals surface area (Å²) in [5.41, 5.74) is 3.26. The van der Waals surface area contributed by atoms with Crippen molar-refractivity contribution in [3.05, 3.63) is 63.5 Å². The van der Waals surface area contributed by atoms with Gasteiger partial charge in [0.05, 0.1) is 31.1 Å². The molecule has 174 valence electrons. The summed E-state index contributed by atoms with van der Waals surface area (Å²) >= 11 is 0. The van der Waals surface area contributed by atoms with Crippen molar-refractivity contribution in [2.24, 2.45) is 0 Å². The smallest absolute Gasteiger partial charge is 0.336 e. The Morgan fingerprint density at radius 3 is 2.45 bits per heavy atom. The average molecular weight is 472 g/mol. The molecule has 0 radical (unpaired) electrons. The Balaban J connectivity index is 1.32. The van der Waals surface area contributed by atoms with Gasteiger partial charge >= 0.3 is 5.63 Å². The number of hydrogen-bond acceptors (Lipinski definition) is 6. The van der Waals surface area contributed by atoms with E-state index in [1.165, 1.54) is 9.21 Å². The first-order valence-corrected chi connectivity index (χ1v) is 12.5. The fourth-order valence-corrected chi connectivity index (χ4v) is 5.95. The van der Waals surface area contributed by atoms with E-state index < -0.39 is 10.0 Å². The molecule has 1 saturated heterocycles. The number of benzene rings is 2. The molecule has 5 rings (SSSR count). The van der Waals surface area contributed by atoms with Crippen LogP contribution >= 0.6 is 0 Å². The number of rotatable bonds is 4. The maximum absolute atomic E-state index is 13.2. The van der Waals surface area contributed by atoms with Gasteiger partial charge in [-0.25, -0.2) is 13.2 Å². The van der Waals surface area contributed by atoms with E-state index in [9.17, 15) is 13.2 Å². The molecule has 0 atom stereocenters. The molecule has 3 aromatic rings. The Bertz CT molecular complexity index is 1370. The minimum atomic E-state index is -3.62. The first-order valence-electron chi connectivity index (χ1n) is 11.1. The summed E-state index contributed by atoms with van der Waals surface area (Å²) in [5, 5.41) is 0.941. The molecule has 0 unspecified atom stereocenters. The van der Waals surface area contributed by atoms with Crippen LogP contribution in [0.1, 0.15) is 16.7 Å². The van der Waals surface area contributed by atoms with Crippen molar-refractivity contribution < 1.29 is 27.2 Å². The highest BCUT2D eigenvalue weighted by Gasteiger charge is 2.31. The van der Waals surface area contributed by atoms with Crippen LogP contribution in [-0.2, 0) is 16.6 Å². The van der Waals surface area contributed by atoms with Gasteiger partial charge in [0.1, 0.15) is 25.3 Å². The fourth-order valence-electron chi connectivity index (χ4n) is 4.49. The molecule has 0 bridgehead atoms. The molecular formula is C24H27N2O6S+. The molecule has 0 aliphatic carbocycles. The predicted octanol–water partition coefficient (Wildman–Crippen LogP) is 1.27. The number of ether oxygens (including phenoxy) is 2. The number of quaternary nitrogens is 1. The second-order valence-corrected chi connectivity index (χ2v) is 10.5. The van der Waals surface area contributed by atoms with E-state index in [0.717, 1.165) is 22.1 Å². The van der Waals surface area contributed by atoms with Gasteiger partial charge in [0, 0.05) is 23.1 Å². The van der Waals surface area contributed by atoms with Crippen LogP contribution in [0.4, 0.5) is 0 Å². The van der Waals surface area contributed by atoms with Crippen LogP contribution in [0, 0.1) is 13.8 Å². The zero-order valence-corrected chi connectivity index (χ0v) is 19.5. The lowest BCUT2D eigenvalue weighted by Gasteiger charge is -2.32. The molecule has 0 amide bonds. The molecular weight excluding hydrogens is 444 g/mol. The molecule has 1 N–H and O–H groups in total. The summed E-state index contributed by atoms with van der Waals surface area (Å²) in [7, 11) is -3.62. The van der Waals surface area contributed by atoms with Gasteiger partial charge in [-0.3, -0.25) is 0 Å². The number of sulfonamides is 1. The highest BCUT2D eigenvalue weighted by molar-refractivity contribution is 7.89. The van der Waals surface area contributed by atoms with Crippen LogP contribution < -0.4 is 20.0 Å². The minimum absolute atomic E-state index is 0.215. The van der Waals surface area contributed by atoms with Gasteiger partial charge < -0.3 is 18.8 Å². The monoisotopic (exact) mass is 471 g/mol. The van der Waals surface area contributed by atoms with E-state index in [4.69, 9.17) is 13.9 Å². The van der Waals surface area contributed by atoms with Crippen molar-refractivity contribution in [3.8, 4) is 11.5 Å². The van der Waals surface area contributed by atoms with E-state index in [1.54, 1.807) is 24.3 Å². The van der Waals surface area contributed by atoms with E-state index in [-0.39, 0.29) is 10.5 Å². The average Bonchev–Trinajstić information content (AvgIpc) is 2.82. The lowest BCUT2D eigenvalue weighted by atomic mass is 10.0. The van der Waals surface area contributed by atoms with Gasteiger partial charge in [-0.05, 0) is 37.1 Å². The maximum atomic E-state index is 13.2. The number of fused-ring (bicyclic) bond motifs is 2. The van der Waals surface area contributed by atoms with E-state index >= 15 is 0 Å². The molecule has 1 fully saturated rings. The third-order valence-electron chi connectivity index (χ3n) is 6.54. The molecule has 2 aliphatic rings. The first kappa shape index (κ1) is 21.9. The zero-order chi connectivity index (χ0) is 23.2. The van der Waals surface area contributed by atoms with E-state index in [0.29, 0.717) is 63.0 Å². The van der Waals surface area contributed by atoms with Gasteiger partial charge in [0.25, 0.3) is 0 Å². The summed E-state index contributed by atoms with van der Waals surface area (Å²) in [6.45, 7) is 7.57. The maximum Gasteiger partial charge on any atom is 0.336 e. The number of aryl methyl sites for hydroxylation is 2. The van der Waals surface area contributed by atoms with Crippen molar-refractivity contribution >= 4 is 21.0 Å². The van der Waals surface area contributed by atoms with Crippen LogP contribution in [0.3, 0.4) is 0 Å². The first-order chi connectivity index (χ1) is 15.8. The lowest BCUT2D eigenvalue weighted by Crippen LogP contribution is -3.13. The number of nitrogens with one attached hydrogen (secondary N) is 1. The minimum Gasteiger partial charge on any atom is -0.486 e. The van der Waals surface area contributed by atoms with Crippen LogP contribution in [0.15, 0.2) is 50.5 Å². The van der Waals surface area contributed by atoms with Crippen LogP contribution in [0.2, 0.25) is 0 Å². The van der Waals surface area contributed by atoms with Crippen molar-refractivity contribution in [2.45, 2.75) is 25.3 Å². The summed E-state index contributed by atoms with van der Waals surface area (Å²) in [4.78, 5) is 13.6. The standard InChI is InChI=1S/C24H26N2O6S/c1-16-3-5-20-18(13-23(27)32-24(20)17(16)2)15-25-7-9-26(10-8-25)33(28,29)19-4-6-21-22(14-19)31-12-11-30-21/h3-6,13-14H,7-12,15H2,1-2H3/p+1. The van der Waals surface area contributed by atoms with Gasteiger partial charge in [-0.2, -0.15) is 4.31 Å². The Morgan fingerprint density at radius 2 is 1.70 bits per heavy atom. The SMILES string of the molecule is Cc1ccc2c(C[NH+]3CCN(S(=O)(=O)c4ccc5c(c4)OCCO5)CC3)cc(=O)oc2c1C. The molecule has 2 aliphatic heterocycles. The van der Waals surface area contributed by atoms with E-state index in [1.807, 2.05) is 26.0 Å². The Kier molecular flexibility index (Phi) is 5.64. The number of piperazine rings is 1. The zero-order valence-electron chi connectivity index (χ0n) is 18.7. The Hall–Kier alpha value is -2.88. The van der Waals surface area contributed by atoms with Crippen molar-refractivity contribution in [1.29, 1.82) is 0 Å². The van der Waals surface area contributed by atoms with Crippen molar-refractivity contribution in [1.82, 2.24) is 4.31 Å². The Morgan fingerprint density at radius 1 is 0.970 bits per heavy atom. The largest absolute Gasteiger partial charge is 0.486 e.